The SMILES string of the molecule is CC1CC(C)CN(C(=O)CNC(=O)C=Cc2ccco2)C1. The fourth-order valence-corrected chi connectivity index (χ4v) is 2.74. The zero-order chi connectivity index (χ0) is 15.2. The second kappa shape index (κ2) is 7.11. The number of piperidine rings is 1. The first kappa shape index (κ1) is 15.4. The summed E-state index contributed by atoms with van der Waals surface area (Å²) in [6, 6.07) is 3.51. The zero-order valence-electron chi connectivity index (χ0n) is 12.5. The fourth-order valence-electron chi connectivity index (χ4n) is 2.74. The average molecular weight is 290 g/mol. The number of rotatable bonds is 4. The molecule has 1 fully saturated rings. The number of furan rings is 1. The van der Waals surface area contributed by atoms with Gasteiger partial charge in [-0.15, -0.1) is 0 Å². The van der Waals surface area contributed by atoms with Crippen LogP contribution in [0.2, 0.25) is 0 Å². The molecule has 5 heteroatoms. The molecular formula is C16H22N2O3. The lowest BCUT2D eigenvalue weighted by Gasteiger charge is -2.35. The summed E-state index contributed by atoms with van der Waals surface area (Å²) >= 11 is 0. The van der Waals surface area contributed by atoms with Crippen molar-refractivity contribution in [2.24, 2.45) is 11.8 Å². The van der Waals surface area contributed by atoms with Gasteiger partial charge in [-0.2, -0.15) is 0 Å². The Morgan fingerprint density at radius 1 is 1.38 bits per heavy atom. The summed E-state index contributed by atoms with van der Waals surface area (Å²) in [6.45, 7) is 5.91. The molecule has 1 aliphatic heterocycles. The minimum Gasteiger partial charge on any atom is -0.465 e. The topological polar surface area (TPSA) is 62.6 Å². The van der Waals surface area contributed by atoms with Crippen molar-refractivity contribution in [1.82, 2.24) is 10.2 Å². The highest BCUT2D eigenvalue weighted by atomic mass is 16.3. The third kappa shape index (κ3) is 4.77. The highest BCUT2D eigenvalue weighted by molar-refractivity contribution is 5.94. The van der Waals surface area contributed by atoms with Crippen LogP contribution >= 0.6 is 0 Å². The summed E-state index contributed by atoms with van der Waals surface area (Å²) in [4.78, 5) is 25.6. The smallest absolute Gasteiger partial charge is 0.244 e. The molecule has 0 aromatic carbocycles. The predicted molar refractivity (Wildman–Crippen MR) is 80.3 cm³/mol. The Hall–Kier alpha value is -2.04. The van der Waals surface area contributed by atoms with E-state index in [0.717, 1.165) is 19.5 Å². The molecule has 2 atom stereocenters. The molecule has 1 aliphatic rings. The molecule has 21 heavy (non-hydrogen) atoms. The second-order valence-corrected chi connectivity index (χ2v) is 5.81. The summed E-state index contributed by atoms with van der Waals surface area (Å²) in [5.41, 5.74) is 0. The summed E-state index contributed by atoms with van der Waals surface area (Å²) in [5.74, 6) is 1.33. The minimum atomic E-state index is -0.294. The Balaban J connectivity index is 1.77. The number of likely N-dealkylation sites (tertiary alicyclic amines) is 1. The van der Waals surface area contributed by atoms with Gasteiger partial charge >= 0.3 is 0 Å². The van der Waals surface area contributed by atoms with E-state index < -0.39 is 0 Å². The number of carbonyl (C=O) groups excluding carboxylic acids is 2. The van der Waals surface area contributed by atoms with Gasteiger partial charge in [0.15, 0.2) is 0 Å². The van der Waals surface area contributed by atoms with Gasteiger partial charge < -0.3 is 14.6 Å². The van der Waals surface area contributed by atoms with Crippen molar-refractivity contribution in [2.45, 2.75) is 20.3 Å². The maximum Gasteiger partial charge on any atom is 0.244 e. The number of nitrogens with one attached hydrogen (secondary N) is 1. The van der Waals surface area contributed by atoms with E-state index in [1.807, 2.05) is 4.90 Å². The van der Waals surface area contributed by atoms with Crippen LogP contribution in [0.25, 0.3) is 6.08 Å². The molecule has 2 unspecified atom stereocenters. The molecule has 0 spiro atoms. The molecule has 0 radical (unpaired) electrons. The van der Waals surface area contributed by atoms with Gasteiger partial charge in [0, 0.05) is 19.2 Å². The normalized spacial score (nSPS) is 22.5. The first-order valence-electron chi connectivity index (χ1n) is 7.31. The van der Waals surface area contributed by atoms with Crippen LogP contribution in [0.1, 0.15) is 26.0 Å². The monoisotopic (exact) mass is 290 g/mol. The maximum atomic E-state index is 12.1. The highest BCUT2D eigenvalue weighted by Crippen LogP contribution is 2.20. The van der Waals surface area contributed by atoms with Gasteiger partial charge in [0.1, 0.15) is 5.76 Å². The van der Waals surface area contributed by atoms with Crippen LogP contribution in [0.15, 0.2) is 28.9 Å². The summed E-state index contributed by atoms with van der Waals surface area (Å²) in [5, 5.41) is 2.61. The molecule has 2 rings (SSSR count). The van der Waals surface area contributed by atoms with Crippen LogP contribution < -0.4 is 5.32 Å². The predicted octanol–water partition coefficient (Wildman–Crippen LogP) is 1.91. The Morgan fingerprint density at radius 2 is 2.10 bits per heavy atom. The Morgan fingerprint density at radius 3 is 2.71 bits per heavy atom. The minimum absolute atomic E-state index is 0.0202. The van der Waals surface area contributed by atoms with E-state index in [1.54, 1.807) is 24.5 Å². The van der Waals surface area contributed by atoms with Gasteiger partial charge in [-0.3, -0.25) is 9.59 Å². The van der Waals surface area contributed by atoms with Crippen LogP contribution in [0.3, 0.4) is 0 Å². The Labute approximate surface area is 125 Å². The van der Waals surface area contributed by atoms with E-state index in [9.17, 15) is 9.59 Å². The molecule has 1 saturated heterocycles. The van der Waals surface area contributed by atoms with Crippen molar-refractivity contribution in [3.8, 4) is 0 Å². The largest absolute Gasteiger partial charge is 0.465 e. The van der Waals surface area contributed by atoms with Crippen molar-refractivity contribution >= 4 is 17.9 Å². The van der Waals surface area contributed by atoms with E-state index in [2.05, 4.69) is 19.2 Å². The highest BCUT2D eigenvalue weighted by Gasteiger charge is 2.25. The quantitative estimate of drug-likeness (QED) is 0.862. The Kier molecular flexibility index (Phi) is 5.20. The standard InChI is InChI=1S/C16H22N2O3/c1-12-8-13(2)11-18(10-12)16(20)9-17-15(19)6-5-14-4-3-7-21-14/h3-7,12-13H,8-11H2,1-2H3,(H,17,19). The molecule has 2 heterocycles. The van der Waals surface area contributed by atoms with Gasteiger partial charge in [-0.05, 0) is 36.5 Å². The van der Waals surface area contributed by atoms with E-state index in [1.165, 1.54) is 6.08 Å². The van der Waals surface area contributed by atoms with Crippen LogP contribution in [-0.2, 0) is 9.59 Å². The van der Waals surface area contributed by atoms with Crippen LogP contribution in [0.5, 0.6) is 0 Å². The maximum absolute atomic E-state index is 12.1. The molecule has 5 nitrogen and oxygen atoms in total. The number of nitrogens with zero attached hydrogens (tertiary/aromatic N) is 1. The third-order valence-corrected chi connectivity index (χ3v) is 3.58. The average Bonchev–Trinajstić information content (AvgIpc) is 2.94. The number of hydrogen-bond donors (Lipinski definition) is 1. The third-order valence-electron chi connectivity index (χ3n) is 3.58. The molecule has 1 N–H and O–H groups in total. The van der Waals surface area contributed by atoms with Gasteiger partial charge in [0.05, 0.1) is 12.8 Å². The van der Waals surface area contributed by atoms with Crippen LogP contribution in [0.4, 0.5) is 0 Å². The molecular weight excluding hydrogens is 268 g/mol. The molecule has 114 valence electrons. The van der Waals surface area contributed by atoms with E-state index in [4.69, 9.17) is 4.42 Å². The molecule has 2 amide bonds. The first-order valence-corrected chi connectivity index (χ1v) is 7.31. The lowest BCUT2D eigenvalue weighted by atomic mass is 9.92. The summed E-state index contributed by atoms with van der Waals surface area (Å²) < 4.78 is 5.09. The molecule has 0 bridgehead atoms. The zero-order valence-corrected chi connectivity index (χ0v) is 12.5. The van der Waals surface area contributed by atoms with Crippen molar-refractivity contribution in [3.05, 3.63) is 30.2 Å². The molecule has 1 aromatic rings. The van der Waals surface area contributed by atoms with Gasteiger partial charge in [0.25, 0.3) is 0 Å². The van der Waals surface area contributed by atoms with Crippen LogP contribution in [0, 0.1) is 11.8 Å². The van der Waals surface area contributed by atoms with Gasteiger partial charge in [-0.1, -0.05) is 13.8 Å². The van der Waals surface area contributed by atoms with Crippen LogP contribution in [-0.4, -0.2) is 36.3 Å². The summed E-state index contributed by atoms with van der Waals surface area (Å²) in [6.07, 6.45) is 5.64. The van der Waals surface area contributed by atoms with Crippen molar-refractivity contribution in [2.75, 3.05) is 19.6 Å². The van der Waals surface area contributed by atoms with E-state index in [-0.39, 0.29) is 18.4 Å². The van der Waals surface area contributed by atoms with Crippen molar-refractivity contribution < 1.29 is 14.0 Å². The molecule has 1 aromatic heterocycles. The van der Waals surface area contributed by atoms with Crippen molar-refractivity contribution in [1.29, 1.82) is 0 Å². The summed E-state index contributed by atoms with van der Waals surface area (Å²) in [7, 11) is 0. The Bertz CT molecular complexity index is 498. The van der Waals surface area contributed by atoms with Gasteiger partial charge in [0.2, 0.25) is 11.8 Å². The van der Waals surface area contributed by atoms with Gasteiger partial charge in [-0.25, -0.2) is 0 Å². The number of carbonyl (C=O) groups is 2. The first-order chi connectivity index (χ1) is 10.0. The lowest BCUT2D eigenvalue weighted by Crippen LogP contribution is -2.46. The number of amides is 2. The molecule has 0 saturated carbocycles. The van der Waals surface area contributed by atoms with E-state index in [0.29, 0.717) is 17.6 Å². The fraction of sp³-hybridized carbons (Fsp3) is 0.500. The molecule has 0 aliphatic carbocycles. The number of hydrogen-bond acceptors (Lipinski definition) is 3. The van der Waals surface area contributed by atoms with E-state index >= 15 is 0 Å². The second-order valence-electron chi connectivity index (χ2n) is 5.81. The van der Waals surface area contributed by atoms with Crippen molar-refractivity contribution in [3.63, 3.8) is 0 Å². The lowest BCUT2D eigenvalue weighted by molar-refractivity contribution is -0.134.